The van der Waals surface area contributed by atoms with E-state index >= 15 is 0 Å². The molecule has 5 nitrogen and oxygen atoms in total. The lowest BCUT2D eigenvalue weighted by Gasteiger charge is -2.17. The van der Waals surface area contributed by atoms with Crippen molar-refractivity contribution < 1.29 is 4.79 Å². The number of carbonyl (C=O) groups excluding carboxylic acids is 1. The van der Waals surface area contributed by atoms with E-state index in [1.807, 2.05) is 36.4 Å². The normalized spacial score (nSPS) is 13.4. The molecule has 1 aliphatic rings. The minimum absolute atomic E-state index is 0.302. The molecule has 0 aliphatic carbocycles. The van der Waals surface area contributed by atoms with Gasteiger partial charge in [-0.15, -0.1) is 0 Å². The summed E-state index contributed by atoms with van der Waals surface area (Å²) in [5.74, 6) is 1.03. The number of hydrogen-bond donors (Lipinski definition) is 2. The number of amides is 2. The van der Waals surface area contributed by atoms with Gasteiger partial charge in [0.25, 0.3) is 0 Å². The summed E-state index contributed by atoms with van der Waals surface area (Å²) in [6, 6.07) is 20.5. The lowest BCUT2D eigenvalue weighted by atomic mass is 10.1. The monoisotopic (exact) mass is 392 g/mol. The summed E-state index contributed by atoms with van der Waals surface area (Å²) in [5, 5.41) is 6.23. The Bertz CT molecular complexity index is 951. The maximum Gasteiger partial charge on any atom is 0.323 e. The minimum Gasteiger partial charge on any atom is -0.357 e. The number of hydrogen-bond acceptors (Lipinski definition) is 3. The molecule has 0 spiro atoms. The Labute approximate surface area is 169 Å². The van der Waals surface area contributed by atoms with Crippen molar-refractivity contribution in [1.29, 1.82) is 0 Å². The van der Waals surface area contributed by atoms with Gasteiger partial charge in [-0.05, 0) is 61.4 Å². The van der Waals surface area contributed by atoms with Gasteiger partial charge in [0.15, 0.2) is 0 Å². The number of urea groups is 1. The molecule has 142 valence electrons. The highest BCUT2D eigenvalue weighted by Gasteiger charge is 2.14. The minimum atomic E-state index is -0.302. The van der Waals surface area contributed by atoms with Crippen molar-refractivity contribution in [2.45, 2.75) is 12.8 Å². The maximum absolute atomic E-state index is 12.1. The molecule has 0 saturated carbocycles. The molecule has 4 rings (SSSR count). The van der Waals surface area contributed by atoms with Crippen LogP contribution in [0.5, 0.6) is 0 Å². The van der Waals surface area contributed by atoms with Gasteiger partial charge >= 0.3 is 6.03 Å². The van der Waals surface area contributed by atoms with Gasteiger partial charge in [0, 0.05) is 35.1 Å². The van der Waals surface area contributed by atoms with Crippen LogP contribution in [0.25, 0.3) is 11.3 Å². The Balaban J connectivity index is 1.41. The first kappa shape index (κ1) is 18.3. The smallest absolute Gasteiger partial charge is 0.323 e. The van der Waals surface area contributed by atoms with Crippen LogP contribution >= 0.6 is 11.6 Å². The maximum atomic E-state index is 12.1. The molecule has 1 saturated heterocycles. The average molecular weight is 393 g/mol. The van der Waals surface area contributed by atoms with Crippen molar-refractivity contribution in [1.82, 2.24) is 4.98 Å². The topological polar surface area (TPSA) is 57.3 Å². The lowest BCUT2D eigenvalue weighted by Crippen LogP contribution is -2.19. The third-order valence-corrected chi connectivity index (χ3v) is 4.96. The van der Waals surface area contributed by atoms with Crippen LogP contribution in [-0.4, -0.2) is 24.1 Å². The zero-order valence-corrected chi connectivity index (χ0v) is 16.1. The number of aromatic nitrogens is 1. The molecule has 6 heteroatoms. The molecule has 1 aromatic heterocycles. The highest BCUT2D eigenvalue weighted by molar-refractivity contribution is 6.30. The van der Waals surface area contributed by atoms with Crippen molar-refractivity contribution in [3.05, 3.63) is 71.8 Å². The highest BCUT2D eigenvalue weighted by Crippen LogP contribution is 2.24. The van der Waals surface area contributed by atoms with Crippen LogP contribution in [0, 0.1) is 0 Å². The first-order valence-corrected chi connectivity index (χ1v) is 9.71. The number of carbonyl (C=O) groups is 1. The number of halogens is 1. The molecule has 0 unspecified atom stereocenters. The number of benzene rings is 2. The zero-order valence-electron chi connectivity index (χ0n) is 15.4. The summed E-state index contributed by atoms with van der Waals surface area (Å²) in [6.07, 6.45) is 2.45. The first-order valence-electron chi connectivity index (χ1n) is 9.33. The summed E-state index contributed by atoms with van der Waals surface area (Å²) >= 11 is 5.85. The number of rotatable bonds is 4. The molecular formula is C22H21ClN4O. The molecule has 3 aromatic rings. The summed E-state index contributed by atoms with van der Waals surface area (Å²) in [7, 11) is 0. The van der Waals surface area contributed by atoms with E-state index in [0.29, 0.717) is 16.4 Å². The summed E-state index contributed by atoms with van der Waals surface area (Å²) in [5.41, 5.74) is 3.35. The van der Waals surface area contributed by atoms with Crippen molar-refractivity contribution in [3.8, 4) is 11.3 Å². The lowest BCUT2D eigenvalue weighted by molar-refractivity contribution is 0.262. The Hall–Kier alpha value is -3.05. The van der Waals surface area contributed by atoms with E-state index in [-0.39, 0.29) is 6.03 Å². The predicted octanol–water partition coefficient (Wildman–Crippen LogP) is 5.65. The van der Waals surface area contributed by atoms with Crippen LogP contribution in [0.2, 0.25) is 5.02 Å². The standard InChI is InChI=1S/C22H21ClN4O/c23-17-8-12-19(13-9-17)25-22(28)24-18-10-6-16(7-11-18)20-4-3-5-21(26-20)27-14-1-2-15-27/h3-13H,1-2,14-15H2,(H2,24,25,28). The van der Waals surface area contributed by atoms with E-state index < -0.39 is 0 Å². The van der Waals surface area contributed by atoms with Crippen LogP contribution in [0.15, 0.2) is 66.7 Å². The van der Waals surface area contributed by atoms with Gasteiger partial charge in [-0.25, -0.2) is 9.78 Å². The van der Waals surface area contributed by atoms with Crippen LogP contribution in [0.3, 0.4) is 0 Å². The largest absolute Gasteiger partial charge is 0.357 e. The third kappa shape index (κ3) is 4.43. The summed E-state index contributed by atoms with van der Waals surface area (Å²) in [4.78, 5) is 19.3. The number of anilines is 3. The average Bonchev–Trinajstić information content (AvgIpc) is 3.25. The quantitative estimate of drug-likeness (QED) is 0.603. The molecule has 0 atom stereocenters. The molecule has 2 amide bonds. The Morgan fingerprint density at radius 1 is 0.857 bits per heavy atom. The van der Waals surface area contributed by atoms with Crippen molar-refractivity contribution in [2.75, 3.05) is 28.6 Å². The number of pyridine rings is 1. The van der Waals surface area contributed by atoms with E-state index in [4.69, 9.17) is 16.6 Å². The van der Waals surface area contributed by atoms with Gasteiger partial charge in [0.2, 0.25) is 0 Å². The van der Waals surface area contributed by atoms with Gasteiger partial charge in [0.05, 0.1) is 5.69 Å². The fourth-order valence-corrected chi connectivity index (χ4v) is 3.38. The molecule has 2 heterocycles. The van der Waals surface area contributed by atoms with Crippen LogP contribution in [-0.2, 0) is 0 Å². The van der Waals surface area contributed by atoms with Crippen LogP contribution < -0.4 is 15.5 Å². The predicted molar refractivity (Wildman–Crippen MR) is 115 cm³/mol. The molecule has 28 heavy (non-hydrogen) atoms. The van der Waals surface area contributed by atoms with E-state index in [2.05, 4.69) is 21.6 Å². The summed E-state index contributed by atoms with van der Waals surface area (Å²) in [6.45, 7) is 2.14. The van der Waals surface area contributed by atoms with Gasteiger partial charge < -0.3 is 15.5 Å². The van der Waals surface area contributed by atoms with E-state index in [0.717, 1.165) is 30.2 Å². The molecule has 2 N–H and O–H groups in total. The van der Waals surface area contributed by atoms with E-state index in [1.165, 1.54) is 12.8 Å². The van der Waals surface area contributed by atoms with Gasteiger partial charge in [-0.2, -0.15) is 0 Å². The SMILES string of the molecule is O=C(Nc1ccc(Cl)cc1)Nc1ccc(-c2cccc(N3CCCC3)n2)cc1. The van der Waals surface area contributed by atoms with Gasteiger partial charge in [0.1, 0.15) is 5.82 Å². The fourth-order valence-electron chi connectivity index (χ4n) is 3.26. The first-order chi connectivity index (χ1) is 13.7. The second-order valence-corrected chi connectivity index (χ2v) is 7.17. The molecular weight excluding hydrogens is 372 g/mol. The van der Waals surface area contributed by atoms with Crippen molar-refractivity contribution in [2.24, 2.45) is 0 Å². The molecule has 0 radical (unpaired) electrons. The van der Waals surface area contributed by atoms with Crippen molar-refractivity contribution >= 4 is 34.8 Å². The van der Waals surface area contributed by atoms with E-state index in [1.54, 1.807) is 24.3 Å². The molecule has 2 aromatic carbocycles. The summed E-state index contributed by atoms with van der Waals surface area (Å²) < 4.78 is 0. The van der Waals surface area contributed by atoms with Gasteiger partial charge in [-0.1, -0.05) is 29.8 Å². The van der Waals surface area contributed by atoms with Crippen molar-refractivity contribution in [3.63, 3.8) is 0 Å². The van der Waals surface area contributed by atoms with Gasteiger partial charge in [-0.3, -0.25) is 0 Å². The molecule has 1 aliphatic heterocycles. The molecule has 1 fully saturated rings. The molecule has 0 bridgehead atoms. The second-order valence-electron chi connectivity index (χ2n) is 6.74. The third-order valence-electron chi connectivity index (χ3n) is 4.71. The highest BCUT2D eigenvalue weighted by atomic mass is 35.5. The second kappa shape index (κ2) is 8.31. The Kier molecular flexibility index (Phi) is 5.44. The van der Waals surface area contributed by atoms with E-state index in [9.17, 15) is 4.79 Å². The number of nitrogens with zero attached hydrogens (tertiary/aromatic N) is 2. The Morgan fingerprint density at radius 3 is 2.11 bits per heavy atom. The fraction of sp³-hybridized carbons (Fsp3) is 0.182. The van der Waals surface area contributed by atoms with Crippen LogP contribution in [0.1, 0.15) is 12.8 Å². The Morgan fingerprint density at radius 2 is 1.46 bits per heavy atom. The number of nitrogens with one attached hydrogen (secondary N) is 2. The zero-order chi connectivity index (χ0) is 19.3. The van der Waals surface area contributed by atoms with Crippen LogP contribution in [0.4, 0.5) is 22.0 Å².